The van der Waals surface area contributed by atoms with Crippen molar-refractivity contribution in [1.82, 2.24) is 4.31 Å². The lowest BCUT2D eigenvalue weighted by Gasteiger charge is -2.40. The van der Waals surface area contributed by atoms with Crippen LogP contribution >= 0.6 is 0 Å². The van der Waals surface area contributed by atoms with Gasteiger partial charge in [0.25, 0.3) is 0 Å². The van der Waals surface area contributed by atoms with Crippen LogP contribution in [0.3, 0.4) is 0 Å². The lowest BCUT2D eigenvalue weighted by atomic mass is 10.1. The molecule has 1 saturated heterocycles. The molecule has 126 valence electrons. The van der Waals surface area contributed by atoms with E-state index in [1.54, 1.807) is 23.1 Å². The van der Waals surface area contributed by atoms with E-state index >= 15 is 0 Å². The minimum Gasteiger partial charge on any atom is -0.378 e. The first-order valence-corrected chi connectivity index (χ1v) is 9.19. The zero-order valence-corrected chi connectivity index (χ0v) is 14.5. The molecule has 1 aromatic rings. The van der Waals surface area contributed by atoms with Crippen LogP contribution in [0.5, 0.6) is 0 Å². The largest absolute Gasteiger partial charge is 0.378 e. The van der Waals surface area contributed by atoms with E-state index in [2.05, 4.69) is 0 Å². The van der Waals surface area contributed by atoms with Gasteiger partial charge in [0, 0.05) is 25.7 Å². The van der Waals surface area contributed by atoms with Crippen LogP contribution in [0.1, 0.15) is 26.3 Å². The van der Waals surface area contributed by atoms with E-state index in [4.69, 9.17) is 4.74 Å². The van der Waals surface area contributed by atoms with E-state index in [1.165, 1.54) is 11.2 Å². The summed E-state index contributed by atoms with van der Waals surface area (Å²) in [6.07, 6.45) is 0.685. The number of carbonyl (C=O) groups excluding carboxylic acids is 1. The van der Waals surface area contributed by atoms with Crippen molar-refractivity contribution < 1.29 is 17.9 Å². The second kappa shape index (κ2) is 5.58. The maximum atomic E-state index is 13.0. The van der Waals surface area contributed by atoms with Crippen molar-refractivity contribution >= 4 is 21.6 Å². The van der Waals surface area contributed by atoms with Gasteiger partial charge in [-0.25, -0.2) is 8.42 Å². The summed E-state index contributed by atoms with van der Waals surface area (Å²) in [5, 5.41) is 0. The van der Waals surface area contributed by atoms with Gasteiger partial charge in [-0.15, -0.1) is 0 Å². The Labute approximate surface area is 137 Å². The van der Waals surface area contributed by atoms with Crippen molar-refractivity contribution in [2.45, 2.75) is 37.6 Å². The minimum atomic E-state index is -3.58. The average molecular weight is 338 g/mol. The number of rotatable bonds is 2. The van der Waals surface area contributed by atoms with E-state index in [1.807, 2.05) is 13.8 Å². The molecule has 0 aromatic heterocycles. The zero-order chi connectivity index (χ0) is 16.8. The van der Waals surface area contributed by atoms with Crippen molar-refractivity contribution in [3.63, 3.8) is 0 Å². The van der Waals surface area contributed by atoms with E-state index in [9.17, 15) is 13.2 Å². The number of ether oxygens (including phenoxy) is 1. The first-order valence-electron chi connectivity index (χ1n) is 7.75. The highest BCUT2D eigenvalue weighted by atomic mass is 32.2. The predicted octanol–water partition coefficient (Wildman–Crippen LogP) is 1.40. The van der Waals surface area contributed by atoms with Crippen LogP contribution in [0.15, 0.2) is 23.1 Å². The SMILES string of the molecule is CC(=O)N1CCc2cc(S(=O)(=O)N3CCOCC3(C)C)ccc21. The molecule has 0 N–H and O–H groups in total. The summed E-state index contributed by atoms with van der Waals surface area (Å²) in [6.45, 7) is 7.02. The minimum absolute atomic E-state index is 0.0198. The average Bonchev–Trinajstić information content (AvgIpc) is 2.89. The number of morpholine rings is 1. The summed E-state index contributed by atoms with van der Waals surface area (Å²) in [7, 11) is -3.58. The predicted molar refractivity (Wildman–Crippen MR) is 87.0 cm³/mol. The Morgan fingerprint density at radius 3 is 2.65 bits per heavy atom. The van der Waals surface area contributed by atoms with Crippen LogP contribution in [0, 0.1) is 0 Å². The molecule has 7 heteroatoms. The van der Waals surface area contributed by atoms with Crippen LogP contribution in [0.4, 0.5) is 5.69 Å². The smallest absolute Gasteiger partial charge is 0.243 e. The van der Waals surface area contributed by atoms with Crippen molar-refractivity contribution in [3.05, 3.63) is 23.8 Å². The maximum Gasteiger partial charge on any atom is 0.243 e. The summed E-state index contributed by atoms with van der Waals surface area (Å²) in [6, 6.07) is 5.05. The van der Waals surface area contributed by atoms with Gasteiger partial charge in [0.1, 0.15) is 0 Å². The number of nitrogens with zero attached hydrogens (tertiary/aromatic N) is 2. The lowest BCUT2D eigenvalue weighted by molar-refractivity contribution is -0.116. The second-order valence-electron chi connectivity index (χ2n) is 6.65. The number of hydrogen-bond donors (Lipinski definition) is 0. The molecule has 6 nitrogen and oxygen atoms in total. The molecule has 23 heavy (non-hydrogen) atoms. The fraction of sp³-hybridized carbons (Fsp3) is 0.562. The molecular weight excluding hydrogens is 316 g/mol. The molecule has 1 amide bonds. The third-order valence-electron chi connectivity index (χ3n) is 4.48. The van der Waals surface area contributed by atoms with Gasteiger partial charge in [0.15, 0.2) is 0 Å². The van der Waals surface area contributed by atoms with Gasteiger partial charge in [-0.1, -0.05) is 0 Å². The van der Waals surface area contributed by atoms with Gasteiger partial charge in [-0.3, -0.25) is 4.79 Å². The van der Waals surface area contributed by atoms with Crippen molar-refractivity contribution in [1.29, 1.82) is 0 Å². The molecule has 2 aliphatic heterocycles. The highest BCUT2D eigenvalue weighted by molar-refractivity contribution is 7.89. The topological polar surface area (TPSA) is 66.9 Å². The Balaban J connectivity index is 1.97. The van der Waals surface area contributed by atoms with Gasteiger partial charge in [0.2, 0.25) is 15.9 Å². The van der Waals surface area contributed by atoms with Gasteiger partial charge >= 0.3 is 0 Å². The number of anilines is 1. The third kappa shape index (κ3) is 2.77. The van der Waals surface area contributed by atoms with Crippen molar-refractivity contribution in [2.75, 3.05) is 31.2 Å². The van der Waals surface area contributed by atoms with E-state index in [-0.39, 0.29) is 10.8 Å². The third-order valence-corrected chi connectivity index (χ3v) is 6.59. The van der Waals surface area contributed by atoms with E-state index < -0.39 is 15.6 Å². The Morgan fingerprint density at radius 1 is 1.26 bits per heavy atom. The normalized spacial score (nSPS) is 21.3. The molecule has 0 saturated carbocycles. The van der Waals surface area contributed by atoms with Gasteiger partial charge in [0.05, 0.1) is 23.6 Å². The Morgan fingerprint density at radius 2 is 2.00 bits per heavy atom. The molecule has 1 fully saturated rings. The Hall–Kier alpha value is -1.44. The lowest BCUT2D eigenvalue weighted by Crippen LogP contribution is -2.55. The zero-order valence-electron chi connectivity index (χ0n) is 13.7. The fourth-order valence-corrected chi connectivity index (χ4v) is 5.09. The van der Waals surface area contributed by atoms with Crippen LogP contribution in [0.2, 0.25) is 0 Å². The molecule has 0 unspecified atom stereocenters. The van der Waals surface area contributed by atoms with Crippen LogP contribution in [0.25, 0.3) is 0 Å². The van der Waals surface area contributed by atoms with Crippen molar-refractivity contribution in [2.24, 2.45) is 0 Å². The first kappa shape index (κ1) is 16.4. The van der Waals surface area contributed by atoms with Crippen LogP contribution in [-0.2, 0) is 26.0 Å². The Bertz CT molecular complexity index is 742. The number of fused-ring (bicyclic) bond motifs is 1. The molecule has 0 spiro atoms. The van der Waals surface area contributed by atoms with Crippen LogP contribution < -0.4 is 4.90 Å². The summed E-state index contributed by atoms with van der Waals surface area (Å²) < 4.78 is 32.9. The Kier molecular flexibility index (Phi) is 3.98. The van der Waals surface area contributed by atoms with E-state index in [0.29, 0.717) is 32.7 Å². The highest BCUT2D eigenvalue weighted by Gasteiger charge is 2.40. The maximum absolute atomic E-state index is 13.0. The molecular formula is C16H22N2O4S. The van der Waals surface area contributed by atoms with E-state index in [0.717, 1.165) is 11.3 Å². The molecule has 0 bridgehead atoms. The number of hydrogen-bond acceptors (Lipinski definition) is 4. The summed E-state index contributed by atoms with van der Waals surface area (Å²) in [4.78, 5) is 13.6. The fourth-order valence-electron chi connectivity index (χ4n) is 3.28. The van der Waals surface area contributed by atoms with Crippen LogP contribution in [-0.4, -0.2) is 50.5 Å². The molecule has 0 radical (unpaired) electrons. The monoisotopic (exact) mass is 338 g/mol. The standard InChI is InChI=1S/C16H22N2O4S/c1-12(19)17-7-6-13-10-14(4-5-15(13)17)23(20,21)18-8-9-22-11-16(18,2)3/h4-5,10H,6-9,11H2,1-3H3. The molecule has 1 aromatic carbocycles. The van der Waals surface area contributed by atoms with Gasteiger partial charge < -0.3 is 9.64 Å². The van der Waals surface area contributed by atoms with Gasteiger partial charge in [-0.05, 0) is 44.0 Å². The molecule has 2 heterocycles. The number of sulfonamides is 1. The van der Waals surface area contributed by atoms with Gasteiger partial charge in [-0.2, -0.15) is 4.31 Å². The molecule has 0 aliphatic carbocycles. The second-order valence-corrected chi connectivity index (χ2v) is 8.52. The molecule has 2 aliphatic rings. The summed E-state index contributed by atoms with van der Waals surface area (Å²) in [5.74, 6) is -0.0198. The summed E-state index contributed by atoms with van der Waals surface area (Å²) in [5.41, 5.74) is 1.16. The molecule has 3 rings (SSSR count). The molecule has 0 atom stereocenters. The van der Waals surface area contributed by atoms with Crippen molar-refractivity contribution in [3.8, 4) is 0 Å². The summed E-state index contributed by atoms with van der Waals surface area (Å²) >= 11 is 0. The number of carbonyl (C=O) groups is 1. The quantitative estimate of drug-likeness (QED) is 0.817. The number of amides is 1. The first-order chi connectivity index (χ1) is 10.7. The highest BCUT2D eigenvalue weighted by Crippen LogP contribution is 2.33. The number of benzene rings is 1.